The van der Waals surface area contributed by atoms with Crippen LogP contribution in [0.3, 0.4) is 0 Å². The highest BCUT2D eigenvalue weighted by Crippen LogP contribution is 2.47. The summed E-state index contributed by atoms with van der Waals surface area (Å²) in [6, 6.07) is 13.0. The van der Waals surface area contributed by atoms with Crippen LogP contribution in [-0.4, -0.2) is 23.8 Å². The number of aromatic nitrogens is 1. The molecule has 0 atom stereocenters. The maximum absolute atomic E-state index is 12.9. The van der Waals surface area contributed by atoms with Gasteiger partial charge < -0.3 is 19.5 Å². The van der Waals surface area contributed by atoms with Gasteiger partial charge in [-0.25, -0.2) is 0 Å². The van der Waals surface area contributed by atoms with Gasteiger partial charge in [-0.2, -0.15) is 0 Å². The third kappa shape index (κ3) is 3.14. The lowest BCUT2D eigenvalue weighted by Crippen LogP contribution is -2.34. The Balaban J connectivity index is 1.40. The molecular weight excluding hydrogens is 368 g/mol. The van der Waals surface area contributed by atoms with Gasteiger partial charge in [0, 0.05) is 30.0 Å². The number of methoxy groups -OCH3 is 1. The molecule has 2 heterocycles. The summed E-state index contributed by atoms with van der Waals surface area (Å²) in [5.41, 5.74) is 2.68. The molecule has 1 saturated carbocycles. The van der Waals surface area contributed by atoms with Crippen LogP contribution in [0.4, 0.5) is 5.69 Å². The second-order valence-corrected chi connectivity index (χ2v) is 7.62. The molecule has 2 aliphatic rings. The number of amides is 1. The average Bonchev–Trinajstić information content (AvgIpc) is 3.32. The first-order valence-corrected chi connectivity index (χ1v) is 9.84. The van der Waals surface area contributed by atoms with Crippen LogP contribution in [0.2, 0.25) is 0 Å². The Morgan fingerprint density at radius 3 is 2.66 bits per heavy atom. The number of aryl methyl sites for hydroxylation is 1. The van der Waals surface area contributed by atoms with E-state index in [0.717, 1.165) is 48.1 Å². The van der Waals surface area contributed by atoms with E-state index in [1.165, 1.54) is 0 Å². The summed E-state index contributed by atoms with van der Waals surface area (Å²) < 4.78 is 17.4. The molecule has 1 aliphatic heterocycles. The van der Waals surface area contributed by atoms with E-state index in [9.17, 15) is 4.79 Å². The van der Waals surface area contributed by atoms with Crippen molar-refractivity contribution in [2.75, 3.05) is 12.4 Å². The zero-order valence-electron chi connectivity index (χ0n) is 16.5. The van der Waals surface area contributed by atoms with Crippen LogP contribution in [0.25, 0.3) is 10.9 Å². The molecule has 6 heteroatoms. The fourth-order valence-corrected chi connectivity index (χ4v) is 4.10. The maximum Gasteiger partial charge on any atom is 0.257 e. The monoisotopic (exact) mass is 390 g/mol. The van der Waals surface area contributed by atoms with Crippen molar-refractivity contribution in [3.05, 3.63) is 53.7 Å². The van der Waals surface area contributed by atoms with E-state index in [2.05, 4.69) is 10.3 Å². The minimum absolute atomic E-state index is 0.214. The molecule has 1 amide bonds. The van der Waals surface area contributed by atoms with Crippen molar-refractivity contribution >= 4 is 22.5 Å². The van der Waals surface area contributed by atoms with Crippen molar-refractivity contribution in [2.24, 2.45) is 0 Å². The van der Waals surface area contributed by atoms with E-state index in [4.69, 9.17) is 14.2 Å². The van der Waals surface area contributed by atoms with Crippen molar-refractivity contribution in [2.45, 2.75) is 38.4 Å². The number of benzene rings is 2. The van der Waals surface area contributed by atoms with Gasteiger partial charge in [0.25, 0.3) is 11.7 Å². The number of nitrogens with zero attached hydrogens (tertiary/aromatic N) is 1. The second kappa shape index (κ2) is 6.65. The number of hydrogen-bond acceptors (Lipinski definition) is 5. The Labute approximate surface area is 168 Å². The number of carbonyl (C=O) groups is 1. The number of fused-ring (bicyclic) bond motifs is 2. The normalized spacial score (nSPS) is 16.3. The Kier molecular flexibility index (Phi) is 4.08. The molecule has 0 radical (unpaired) electrons. The second-order valence-electron chi connectivity index (χ2n) is 7.62. The predicted molar refractivity (Wildman–Crippen MR) is 110 cm³/mol. The Hall–Kier alpha value is -3.28. The van der Waals surface area contributed by atoms with Crippen LogP contribution in [0, 0.1) is 6.92 Å². The smallest absolute Gasteiger partial charge is 0.257 e. The molecule has 1 aromatic heterocycles. The predicted octanol–water partition coefficient (Wildman–Crippen LogP) is 4.85. The van der Waals surface area contributed by atoms with Crippen LogP contribution in [0.1, 0.15) is 41.7 Å². The molecule has 29 heavy (non-hydrogen) atoms. The summed E-state index contributed by atoms with van der Waals surface area (Å²) >= 11 is 0. The van der Waals surface area contributed by atoms with Crippen molar-refractivity contribution in [1.29, 1.82) is 0 Å². The number of anilines is 1. The van der Waals surface area contributed by atoms with Crippen LogP contribution in [0.15, 0.2) is 42.5 Å². The quantitative estimate of drug-likeness (QED) is 0.693. The van der Waals surface area contributed by atoms with Crippen LogP contribution < -0.4 is 19.5 Å². The number of rotatable bonds is 3. The van der Waals surface area contributed by atoms with Gasteiger partial charge >= 0.3 is 0 Å². The van der Waals surface area contributed by atoms with Crippen LogP contribution >= 0.6 is 0 Å². The molecule has 148 valence electrons. The molecule has 1 aliphatic carbocycles. The minimum Gasteiger partial charge on any atom is -0.497 e. The SMILES string of the molecule is COc1ccc2nc(C)c(C(=O)Nc3ccc4c(c3)OC3(CCCC3)O4)cc2c1. The molecular formula is C23H22N2O4. The number of hydrogen-bond donors (Lipinski definition) is 1. The number of ether oxygens (including phenoxy) is 3. The summed E-state index contributed by atoms with van der Waals surface area (Å²) in [7, 11) is 1.62. The first-order valence-electron chi connectivity index (χ1n) is 9.84. The van der Waals surface area contributed by atoms with E-state index in [1.807, 2.05) is 49.4 Å². The summed E-state index contributed by atoms with van der Waals surface area (Å²) in [6.07, 6.45) is 4.01. The molecule has 0 bridgehead atoms. The zero-order valence-corrected chi connectivity index (χ0v) is 16.5. The molecule has 0 saturated heterocycles. The molecule has 1 N–H and O–H groups in total. The van der Waals surface area contributed by atoms with E-state index in [0.29, 0.717) is 22.7 Å². The first-order chi connectivity index (χ1) is 14.0. The average molecular weight is 390 g/mol. The van der Waals surface area contributed by atoms with Gasteiger partial charge in [-0.3, -0.25) is 9.78 Å². The van der Waals surface area contributed by atoms with Crippen molar-refractivity contribution < 1.29 is 19.0 Å². The summed E-state index contributed by atoms with van der Waals surface area (Å²) in [6.45, 7) is 1.84. The third-order valence-electron chi connectivity index (χ3n) is 5.62. The van der Waals surface area contributed by atoms with Gasteiger partial charge in [0.1, 0.15) is 5.75 Å². The number of pyridine rings is 1. The van der Waals surface area contributed by atoms with E-state index in [-0.39, 0.29) is 5.91 Å². The van der Waals surface area contributed by atoms with Gasteiger partial charge in [0.2, 0.25) is 0 Å². The third-order valence-corrected chi connectivity index (χ3v) is 5.62. The largest absolute Gasteiger partial charge is 0.497 e. The van der Waals surface area contributed by atoms with Crippen molar-refractivity contribution in [3.8, 4) is 17.2 Å². The fraction of sp³-hybridized carbons (Fsp3) is 0.304. The fourth-order valence-electron chi connectivity index (χ4n) is 4.10. The van der Waals surface area contributed by atoms with Gasteiger partial charge in [0.15, 0.2) is 11.5 Å². The zero-order chi connectivity index (χ0) is 20.0. The summed E-state index contributed by atoms with van der Waals surface area (Å²) in [4.78, 5) is 17.5. The van der Waals surface area contributed by atoms with E-state index >= 15 is 0 Å². The highest BCUT2D eigenvalue weighted by Gasteiger charge is 2.44. The van der Waals surface area contributed by atoms with Gasteiger partial charge in [0.05, 0.1) is 23.9 Å². The van der Waals surface area contributed by atoms with Crippen LogP contribution in [-0.2, 0) is 0 Å². The van der Waals surface area contributed by atoms with Crippen LogP contribution in [0.5, 0.6) is 17.2 Å². The molecule has 6 nitrogen and oxygen atoms in total. The van der Waals surface area contributed by atoms with Crippen molar-refractivity contribution in [3.63, 3.8) is 0 Å². The van der Waals surface area contributed by atoms with Gasteiger partial charge in [-0.1, -0.05) is 0 Å². The highest BCUT2D eigenvalue weighted by atomic mass is 16.7. The number of nitrogens with one attached hydrogen (secondary N) is 1. The lowest BCUT2D eigenvalue weighted by Gasteiger charge is -2.21. The Bertz CT molecular complexity index is 1120. The Morgan fingerprint density at radius 2 is 1.86 bits per heavy atom. The molecule has 1 fully saturated rings. The maximum atomic E-state index is 12.9. The summed E-state index contributed by atoms with van der Waals surface area (Å²) in [5.74, 6) is 1.42. The minimum atomic E-state index is -0.511. The number of carbonyl (C=O) groups excluding carboxylic acids is 1. The lowest BCUT2D eigenvalue weighted by molar-refractivity contribution is -0.0716. The molecule has 3 aromatic rings. The molecule has 5 rings (SSSR count). The summed E-state index contributed by atoms with van der Waals surface area (Å²) in [5, 5.41) is 3.81. The molecule has 0 unspecified atom stereocenters. The lowest BCUT2D eigenvalue weighted by atomic mass is 10.1. The van der Waals surface area contributed by atoms with Crippen molar-refractivity contribution in [1.82, 2.24) is 4.98 Å². The van der Waals surface area contributed by atoms with Gasteiger partial charge in [-0.15, -0.1) is 0 Å². The molecule has 1 spiro atoms. The topological polar surface area (TPSA) is 69.7 Å². The Morgan fingerprint density at radius 1 is 1.07 bits per heavy atom. The van der Waals surface area contributed by atoms with E-state index in [1.54, 1.807) is 7.11 Å². The highest BCUT2D eigenvalue weighted by molar-refractivity contribution is 6.07. The van der Waals surface area contributed by atoms with Gasteiger partial charge in [-0.05, 0) is 56.2 Å². The van der Waals surface area contributed by atoms with E-state index < -0.39 is 5.79 Å². The standard InChI is InChI=1S/C23H22N2O4/c1-14-18(12-15-11-17(27-2)6-7-19(15)24-14)22(26)25-16-5-8-20-21(13-16)29-23(28-20)9-3-4-10-23/h5-8,11-13H,3-4,9-10H2,1-2H3,(H,25,26). The molecule has 2 aromatic carbocycles. The first kappa shape index (κ1) is 17.8.